The predicted molar refractivity (Wildman–Crippen MR) is 282 cm³/mol. The molecule has 0 N–H and O–H groups in total. The summed E-state index contributed by atoms with van der Waals surface area (Å²) in [5.41, 5.74) is 20.8. The van der Waals surface area contributed by atoms with Crippen LogP contribution in [0.15, 0.2) is 204 Å². The third-order valence-corrected chi connectivity index (χ3v) is 17.4. The average molecular weight is 875 g/mol. The van der Waals surface area contributed by atoms with Crippen molar-refractivity contribution in [3.8, 4) is 27.9 Å². The van der Waals surface area contributed by atoms with Crippen molar-refractivity contribution in [1.82, 2.24) is 4.57 Å². The maximum absolute atomic E-state index is 2.57. The van der Waals surface area contributed by atoms with Crippen LogP contribution in [0.25, 0.3) is 71.7 Å². The summed E-state index contributed by atoms with van der Waals surface area (Å²) in [7, 11) is 0. The second-order valence-electron chi connectivity index (χ2n) is 20.4. The summed E-state index contributed by atoms with van der Waals surface area (Å²) >= 11 is 1.92. The van der Waals surface area contributed by atoms with Crippen LogP contribution in [0.5, 0.6) is 0 Å². The third-order valence-electron chi connectivity index (χ3n) is 16.3. The van der Waals surface area contributed by atoms with Gasteiger partial charge in [0.2, 0.25) is 0 Å². The summed E-state index contributed by atoms with van der Waals surface area (Å²) in [6, 6.07) is 55.9. The Balaban J connectivity index is 0.965. The Morgan fingerprint density at radius 3 is 1.94 bits per heavy atom. The molecule has 0 radical (unpaired) electrons. The molecule has 1 aliphatic heterocycles. The highest BCUT2D eigenvalue weighted by Crippen LogP contribution is 2.59. The lowest BCUT2D eigenvalue weighted by Crippen LogP contribution is -2.40. The van der Waals surface area contributed by atoms with Crippen molar-refractivity contribution in [1.29, 1.82) is 0 Å². The number of fused-ring (bicyclic) bond motifs is 17. The van der Waals surface area contributed by atoms with Gasteiger partial charge in [-0.2, -0.15) is 0 Å². The fourth-order valence-electron chi connectivity index (χ4n) is 13.1. The zero-order valence-corrected chi connectivity index (χ0v) is 38.7. The van der Waals surface area contributed by atoms with Crippen molar-refractivity contribution < 1.29 is 0 Å². The van der Waals surface area contributed by atoms with Crippen LogP contribution >= 0.6 is 11.8 Å². The molecule has 2 heterocycles. The molecule has 0 spiro atoms. The maximum atomic E-state index is 2.57. The number of para-hydroxylation sites is 1. The molecule has 0 fully saturated rings. The van der Waals surface area contributed by atoms with E-state index in [0.29, 0.717) is 11.8 Å². The molecule has 9 aromatic rings. The van der Waals surface area contributed by atoms with E-state index >= 15 is 0 Å². The van der Waals surface area contributed by atoms with Crippen molar-refractivity contribution in [3.05, 3.63) is 227 Å². The summed E-state index contributed by atoms with van der Waals surface area (Å²) in [4.78, 5) is 5.12. The van der Waals surface area contributed by atoms with E-state index in [1.165, 1.54) is 120 Å². The van der Waals surface area contributed by atoms with Gasteiger partial charge >= 0.3 is 0 Å². The van der Waals surface area contributed by atoms with E-state index in [-0.39, 0.29) is 10.8 Å². The lowest BCUT2D eigenvalue weighted by molar-refractivity contribution is 0.657. The van der Waals surface area contributed by atoms with Crippen LogP contribution < -0.4 is 15.3 Å². The summed E-state index contributed by atoms with van der Waals surface area (Å²) in [6.45, 7) is 9.71. The molecule has 1 aromatic heterocycles. The Kier molecular flexibility index (Phi) is 7.45. The Hall–Kier alpha value is -7.33. The van der Waals surface area contributed by atoms with Crippen molar-refractivity contribution >= 4 is 72.5 Å². The van der Waals surface area contributed by atoms with Crippen molar-refractivity contribution in [2.45, 2.75) is 48.3 Å². The lowest BCUT2D eigenvalue weighted by atomic mass is 9.71. The Labute approximate surface area is 394 Å². The van der Waals surface area contributed by atoms with Crippen LogP contribution in [-0.4, -0.2) is 4.57 Å². The minimum Gasteiger partial charge on any atom is -0.309 e. The highest BCUT2D eigenvalue weighted by Gasteiger charge is 2.41. The van der Waals surface area contributed by atoms with E-state index in [1.807, 2.05) is 11.8 Å². The predicted octanol–water partition coefficient (Wildman–Crippen LogP) is 15.3. The maximum Gasteiger partial charge on any atom is 0.0608 e. The van der Waals surface area contributed by atoms with Gasteiger partial charge in [-0.1, -0.05) is 173 Å². The van der Waals surface area contributed by atoms with Gasteiger partial charge in [0.15, 0.2) is 0 Å². The molecule has 8 aromatic carbocycles. The molecule has 5 aliphatic carbocycles. The van der Waals surface area contributed by atoms with Gasteiger partial charge in [-0.3, -0.25) is 0 Å². The Bertz CT molecular complexity index is 4030. The number of aromatic nitrogens is 1. The van der Waals surface area contributed by atoms with Gasteiger partial charge in [0.1, 0.15) is 0 Å². The van der Waals surface area contributed by atoms with Gasteiger partial charge < -0.3 is 9.47 Å². The Morgan fingerprint density at radius 2 is 1.12 bits per heavy atom. The molecule has 6 aliphatic rings. The van der Waals surface area contributed by atoms with Gasteiger partial charge in [0, 0.05) is 54.6 Å². The van der Waals surface area contributed by atoms with E-state index in [2.05, 4.69) is 231 Å². The van der Waals surface area contributed by atoms with E-state index in [0.717, 1.165) is 11.4 Å². The number of nitrogens with zero attached hydrogens (tertiary/aromatic N) is 2. The molecule has 0 bridgehead atoms. The van der Waals surface area contributed by atoms with Crippen LogP contribution in [0.2, 0.25) is 0 Å². The SMILES string of the molecule is CC1(C)c2cc3c(cc2-c2cc4c(cc21)=C1C=CC=CC1C1C=CC=CC=41)Sc1cc2ccccc2cc1N3c1cccc(-n2c3ccccc3c3ccc4c(c32)C(C)(C)c2ccccc2-4)c1. The van der Waals surface area contributed by atoms with Gasteiger partial charge in [-0.15, -0.1) is 0 Å². The molecule has 2 unspecified atom stereocenters. The molecule has 0 amide bonds. The molecular formula is C64H46N2S. The van der Waals surface area contributed by atoms with Crippen LogP contribution in [0.4, 0.5) is 17.1 Å². The number of rotatable bonds is 2. The number of allylic oxidation sites excluding steroid dienone is 8. The van der Waals surface area contributed by atoms with Crippen molar-refractivity contribution in [2.75, 3.05) is 4.90 Å². The van der Waals surface area contributed by atoms with Gasteiger partial charge in [0.05, 0.1) is 22.4 Å². The second kappa shape index (κ2) is 13.2. The smallest absolute Gasteiger partial charge is 0.0608 e. The van der Waals surface area contributed by atoms with E-state index in [9.17, 15) is 0 Å². The fourth-order valence-corrected chi connectivity index (χ4v) is 14.3. The number of anilines is 3. The minimum atomic E-state index is -0.210. The largest absolute Gasteiger partial charge is 0.309 e. The highest BCUT2D eigenvalue weighted by atomic mass is 32.2. The second-order valence-corrected chi connectivity index (χ2v) is 21.5. The Morgan fingerprint density at radius 1 is 0.463 bits per heavy atom. The fraction of sp³-hybridized carbons (Fsp3) is 0.125. The summed E-state index contributed by atoms with van der Waals surface area (Å²) in [6.07, 6.45) is 18.4. The monoisotopic (exact) mass is 874 g/mol. The first-order chi connectivity index (χ1) is 32.7. The number of hydrogen-bond acceptors (Lipinski definition) is 2. The average Bonchev–Trinajstić information content (AvgIpc) is 3.90. The minimum absolute atomic E-state index is 0.169. The number of hydrogen-bond donors (Lipinski definition) is 0. The zero-order valence-electron chi connectivity index (χ0n) is 37.9. The van der Waals surface area contributed by atoms with E-state index in [4.69, 9.17) is 0 Å². The van der Waals surface area contributed by atoms with Gasteiger partial charge in [-0.05, 0) is 138 Å². The van der Waals surface area contributed by atoms with Crippen molar-refractivity contribution in [3.63, 3.8) is 0 Å². The first kappa shape index (κ1) is 37.8. The zero-order chi connectivity index (χ0) is 44.5. The molecule has 0 saturated heterocycles. The molecule has 2 atom stereocenters. The van der Waals surface area contributed by atoms with Crippen molar-refractivity contribution in [2.24, 2.45) is 11.8 Å². The summed E-state index contributed by atoms with van der Waals surface area (Å²) < 4.78 is 2.56. The molecule has 3 heteroatoms. The molecule has 15 rings (SSSR count). The summed E-state index contributed by atoms with van der Waals surface area (Å²) in [5.74, 6) is 0.702. The summed E-state index contributed by atoms with van der Waals surface area (Å²) in [5, 5.41) is 7.85. The molecule has 0 saturated carbocycles. The van der Waals surface area contributed by atoms with Gasteiger partial charge in [-0.25, -0.2) is 0 Å². The molecule has 2 nitrogen and oxygen atoms in total. The van der Waals surface area contributed by atoms with Crippen LogP contribution in [0.1, 0.15) is 49.9 Å². The lowest BCUT2D eigenvalue weighted by Gasteiger charge is -2.35. The van der Waals surface area contributed by atoms with Crippen LogP contribution in [0, 0.1) is 11.8 Å². The highest BCUT2D eigenvalue weighted by molar-refractivity contribution is 7.99. The first-order valence-corrected chi connectivity index (χ1v) is 24.6. The van der Waals surface area contributed by atoms with Gasteiger partial charge in [0.25, 0.3) is 0 Å². The topological polar surface area (TPSA) is 8.17 Å². The van der Waals surface area contributed by atoms with Crippen LogP contribution in [0.3, 0.4) is 0 Å². The molecule has 318 valence electrons. The van der Waals surface area contributed by atoms with E-state index in [1.54, 1.807) is 0 Å². The normalized spacial score (nSPS) is 19.2. The standard InChI is InChI=1S/C64H46N2S/c1-63(2)54-34-50-44-23-10-8-21-42(44)41-20-7-9-22-43(41)49(50)33-51(54)52-35-60-58(36-55(52)63)65(57-30-37-16-5-6-17-38(37)31-59(57)67-60)39-18-15-19-40(32-39)66-56-27-14-12-25-46(56)48-29-28-47-45-24-11-13-26-53(45)64(3,4)61(47)62(48)66/h5-36,41-42H,1-4H3. The first-order valence-electron chi connectivity index (χ1n) is 23.8. The number of benzene rings is 8. The quantitative estimate of drug-likeness (QED) is 0.171. The van der Waals surface area contributed by atoms with Crippen LogP contribution in [-0.2, 0) is 10.8 Å². The van der Waals surface area contributed by atoms with E-state index < -0.39 is 0 Å². The molecular weight excluding hydrogens is 829 g/mol. The molecule has 67 heavy (non-hydrogen) atoms. The third kappa shape index (κ3) is 4.97.